The van der Waals surface area contributed by atoms with Gasteiger partial charge in [0.15, 0.2) is 5.89 Å². The molecule has 3 aromatic rings. The van der Waals surface area contributed by atoms with Gasteiger partial charge in [-0.15, -0.1) is 0 Å². The molecule has 1 aliphatic rings. The number of likely N-dealkylation sites (tertiary alicyclic amines) is 1. The molecular formula is C22H24N2O2. The third kappa shape index (κ3) is 3.97. The maximum absolute atomic E-state index is 6.06. The van der Waals surface area contributed by atoms with Crippen molar-refractivity contribution in [1.82, 2.24) is 9.88 Å². The number of hydrogen-bond acceptors (Lipinski definition) is 4. The van der Waals surface area contributed by atoms with Crippen LogP contribution in [0.15, 0.2) is 65.2 Å². The first-order chi connectivity index (χ1) is 12.8. The Kier molecular flexibility index (Phi) is 5.02. The molecule has 1 saturated heterocycles. The Balaban J connectivity index is 1.37. The Morgan fingerprint density at radius 2 is 1.96 bits per heavy atom. The van der Waals surface area contributed by atoms with E-state index in [1.54, 1.807) is 7.11 Å². The molecule has 4 rings (SSSR count). The third-order valence-corrected chi connectivity index (χ3v) is 4.95. The van der Waals surface area contributed by atoms with Gasteiger partial charge in [-0.05, 0) is 36.2 Å². The van der Waals surface area contributed by atoms with Gasteiger partial charge in [0, 0.05) is 25.4 Å². The summed E-state index contributed by atoms with van der Waals surface area (Å²) in [5.41, 5.74) is 2.53. The second-order valence-electron chi connectivity index (χ2n) is 6.90. The molecule has 2 aromatic carbocycles. The van der Waals surface area contributed by atoms with Crippen molar-refractivity contribution >= 4 is 0 Å². The van der Waals surface area contributed by atoms with Crippen molar-refractivity contribution in [2.45, 2.75) is 25.3 Å². The fraction of sp³-hybridized carbons (Fsp3) is 0.318. The summed E-state index contributed by atoms with van der Waals surface area (Å²) in [6, 6.07) is 18.7. The van der Waals surface area contributed by atoms with E-state index in [4.69, 9.17) is 9.15 Å². The van der Waals surface area contributed by atoms with Crippen LogP contribution in [0.4, 0.5) is 0 Å². The van der Waals surface area contributed by atoms with Crippen molar-refractivity contribution in [1.29, 1.82) is 0 Å². The lowest BCUT2D eigenvalue weighted by Crippen LogP contribution is -2.19. The summed E-state index contributed by atoms with van der Waals surface area (Å²) < 4.78 is 11.4. The largest absolute Gasteiger partial charge is 0.497 e. The highest BCUT2D eigenvalue weighted by Crippen LogP contribution is 2.28. The Labute approximate surface area is 154 Å². The molecule has 1 aromatic heterocycles. The van der Waals surface area contributed by atoms with Gasteiger partial charge in [-0.1, -0.05) is 42.5 Å². The Hall–Kier alpha value is -2.59. The first kappa shape index (κ1) is 16.9. The Morgan fingerprint density at radius 1 is 1.12 bits per heavy atom. The van der Waals surface area contributed by atoms with Crippen LogP contribution in [0.5, 0.6) is 5.75 Å². The molecule has 0 unspecified atom stereocenters. The summed E-state index contributed by atoms with van der Waals surface area (Å²) in [7, 11) is 1.69. The quantitative estimate of drug-likeness (QED) is 0.667. The van der Waals surface area contributed by atoms with Crippen LogP contribution in [0.3, 0.4) is 0 Å². The highest BCUT2D eigenvalue weighted by molar-refractivity contribution is 5.30. The lowest BCUT2D eigenvalue weighted by atomic mass is 10.1. The van der Waals surface area contributed by atoms with Crippen LogP contribution in [0, 0.1) is 0 Å². The van der Waals surface area contributed by atoms with Gasteiger partial charge in [0.25, 0.3) is 0 Å². The van der Waals surface area contributed by atoms with Crippen molar-refractivity contribution in [3.05, 3.63) is 83.6 Å². The fourth-order valence-corrected chi connectivity index (χ4v) is 3.60. The molecule has 1 aliphatic heterocycles. The van der Waals surface area contributed by atoms with E-state index in [1.807, 2.05) is 24.4 Å². The van der Waals surface area contributed by atoms with E-state index in [-0.39, 0.29) is 0 Å². The Bertz CT molecular complexity index is 844. The minimum atomic E-state index is 0.387. The van der Waals surface area contributed by atoms with E-state index in [9.17, 15) is 0 Å². The predicted molar refractivity (Wildman–Crippen MR) is 101 cm³/mol. The zero-order valence-corrected chi connectivity index (χ0v) is 15.1. The average molecular weight is 348 g/mol. The van der Waals surface area contributed by atoms with Gasteiger partial charge in [-0.2, -0.15) is 0 Å². The molecule has 1 atom stereocenters. The topological polar surface area (TPSA) is 38.5 Å². The van der Waals surface area contributed by atoms with Crippen molar-refractivity contribution in [3.8, 4) is 5.75 Å². The maximum atomic E-state index is 6.06. The zero-order chi connectivity index (χ0) is 17.8. The molecule has 0 spiro atoms. The number of benzene rings is 2. The van der Waals surface area contributed by atoms with Crippen molar-refractivity contribution in [3.63, 3.8) is 0 Å². The number of methoxy groups -OCH3 is 1. The molecular weight excluding hydrogens is 324 g/mol. The number of rotatable bonds is 6. The summed E-state index contributed by atoms with van der Waals surface area (Å²) in [5, 5.41) is 0. The zero-order valence-electron chi connectivity index (χ0n) is 15.1. The van der Waals surface area contributed by atoms with Crippen molar-refractivity contribution < 1.29 is 9.15 Å². The number of hydrogen-bond donors (Lipinski definition) is 0. The van der Waals surface area contributed by atoms with Crippen LogP contribution in [0.2, 0.25) is 0 Å². The smallest absolute Gasteiger partial charge is 0.198 e. The monoisotopic (exact) mass is 348 g/mol. The standard InChI is InChI=1S/C22H24N2O2/c1-25-20-9-5-8-18(12-20)13-21-14-23-22(26-21)19-10-11-24(16-19)15-17-6-3-2-4-7-17/h2-9,12,14,19H,10-11,13,15-16H2,1H3/t19-/m1/s1. The first-order valence-electron chi connectivity index (χ1n) is 9.14. The van der Waals surface area contributed by atoms with Crippen LogP contribution in [-0.2, 0) is 13.0 Å². The molecule has 0 aliphatic carbocycles. The fourth-order valence-electron chi connectivity index (χ4n) is 3.60. The van der Waals surface area contributed by atoms with Gasteiger partial charge in [-0.3, -0.25) is 4.90 Å². The van der Waals surface area contributed by atoms with Crippen LogP contribution in [0.25, 0.3) is 0 Å². The number of oxazole rings is 1. The second kappa shape index (κ2) is 7.75. The number of aromatic nitrogens is 1. The van der Waals surface area contributed by atoms with E-state index in [0.717, 1.165) is 49.9 Å². The minimum absolute atomic E-state index is 0.387. The number of nitrogens with zero attached hydrogens (tertiary/aromatic N) is 2. The highest BCUT2D eigenvalue weighted by Gasteiger charge is 2.27. The van der Waals surface area contributed by atoms with E-state index in [2.05, 4.69) is 46.3 Å². The second-order valence-corrected chi connectivity index (χ2v) is 6.90. The highest BCUT2D eigenvalue weighted by atomic mass is 16.5. The van der Waals surface area contributed by atoms with Gasteiger partial charge in [0.1, 0.15) is 11.5 Å². The summed E-state index contributed by atoms with van der Waals surface area (Å²) >= 11 is 0. The molecule has 1 fully saturated rings. The molecule has 26 heavy (non-hydrogen) atoms. The van der Waals surface area contributed by atoms with Crippen LogP contribution in [-0.4, -0.2) is 30.1 Å². The van der Waals surface area contributed by atoms with Crippen molar-refractivity contribution in [2.24, 2.45) is 0 Å². The van der Waals surface area contributed by atoms with Gasteiger partial charge in [-0.25, -0.2) is 4.98 Å². The molecule has 0 bridgehead atoms. The van der Waals surface area contributed by atoms with Crippen LogP contribution in [0.1, 0.15) is 35.1 Å². The van der Waals surface area contributed by atoms with E-state index >= 15 is 0 Å². The lowest BCUT2D eigenvalue weighted by Gasteiger charge is -2.15. The van der Waals surface area contributed by atoms with Gasteiger partial charge < -0.3 is 9.15 Å². The molecule has 0 amide bonds. The van der Waals surface area contributed by atoms with Gasteiger partial charge in [0.2, 0.25) is 0 Å². The average Bonchev–Trinajstić information content (AvgIpc) is 3.32. The third-order valence-electron chi connectivity index (χ3n) is 4.95. The predicted octanol–water partition coefficient (Wildman–Crippen LogP) is 4.26. The normalized spacial score (nSPS) is 17.5. The van der Waals surface area contributed by atoms with Crippen molar-refractivity contribution in [2.75, 3.05) is 20.2 Å². The van der Waals surface area contributed by atoms with Gasteiger partial charge >= 0.3 is 0 Å². The molecule has 0 radical (unpaired) electrons. The maximum Gasteiger partial charge on any atom is 0.198 e. The van der Waals surface area contributed by atoms with E-state index in [0.29, 0.717) is 5.92 Å². The molecule has 0 N–H and O–H groups in total. The van der Waals surface area contributed by atoms with E-state index in [1.165, 1.54) is 11.1 Å². The minimum Gasteiger partial charge on any atom is -0.497 e. The summed E-state index contributed by atoms with van der Waals surface area (Å²) in [4.78, 5) is 7.03. The molecule has 0 saturated carbocycles. The summed E-state index contributed by atoms with van der Waals surface area (Å²) in [6.45, 7) is 3.09. The lowest BCUT2D eigenvalue weighted by molar-refractivity contribution is 0.318. The Morgan fingerprint density at radius 3 is 2.81 bits per heavy atom. The molecule has 2 heterocycles. The van der Waals surface area contributed by atoms with E-state index < -0.39 is 0 Å². The van der Waals surface area contributed by atoms with Gasteiger partial charge in [0.05, 0.1) is 13.3 Å². The molecule has 134 valence electrons. The molecule has 4 heteroatoms. The summed E-state index contributed by atoms with van der Waals surface area (Å²) in [5.74, 6) is 3.04. The SMILES string of the molecule is COc1cccc(Cc2cnc([C@@H]3CCN(Cc4ccccc4)C3)o2)c1. The van der Waals surface area contributed by atoms with Crippen LogP contribution >= 0.6 is 0 Å². The van der Waals surface area contributed by atoms with Crippen LogP contribution < -0.4 is 4.74 Å². The first-order valence-corrected chi connectivity index (χ1v) is 9.14. The molecule has 4 nitrogen and oxygen atoms in total. The summed E-state index contributed by atoms with van der Waals surface area (Å²) in [6.07, 6.45) is 3.71. The number of ether oxygens (including phenoxy) is 1.